The molecule has 1 atom stereocenters. The van der Waals surface area contributed by atoms with Crippen LogP contribution in [0.1, 0.15) is 11.1 Å². The van der Waals surface area contributed by atoms with E-state index in [2.05, 4.69) is 4.84 Å². The Hall–Kier alpha value is -3.20. The van der Waals surface area contributed by atoms with Gasteiger partial charge in [-0.1, -0.05) is 42.5 Å². The van der Waals surface area contributed by atoms with Crippen LogP contribution in [0.25, 0.3) is 11.1 Å². The zero-order valence-corrected chi connectivity index (χ0v) is 14.3. The Morgan fingerprint density at radius 3 is 2.19 bits per heavy atom. The molecule has 0 radical (unpaired) electrons. The summed E-state index contributed by atoms with van der Waals surface area (Å²) in [5.74, 6) is -0.759. The Labute approximate surface area is 148 Å². The molecular formula is C17H13NO7S. The molecule has 1 heterocycles. The second-order valence-corrected chi connectivity index (χ2v) is 7.53. The van der Waals surface area contributed by atoms with Crippen molar-refractivity contribution in [1.29, 1.82) is 0 Å². The fourth-order valence-electron chi connectivity index (χ4n) is 2.64. The average molecular weight is 375 g/mol. The van der Waals surface area contributed by atoms with Gasteiger partial charge in [-0.05, 0) is 23.3 Å². The highest BCUT2D eigenvalue weighted by molar-refractivity contribution is 7.90. The number of carbonyl (C=O) groups is 1. The van der Waals surface area contributed by atoms with Gasteiger partial charge in [-0.3, -0.25) is 4.84 Å². The Balaban J connectivity index is 2.16. The van der Waals surface area contributed by atoms with E-state index in [9.17, 15) is 23.3 Å². The van der Waals surface area contributed by atoms with Gasteiger partial charge >= 0.3 is 5.97 Å². The lowest BCUT2D eigenvalue weighted by Crippen LogP contribution is -2.19. The average Bonchev–Trinajstić information content (AvgIpc) is 2.90. The molecule has 0 aromatic heterocycles. The lowest BCUT2D eigenvalue weighted by Gasteiger charge is -2.12. The Bertz CT molecular complexity index is 995. The molecule has 26 heavy (non-hydrogen) atoms. The summed E-state index contributed by atoms with van der Waals surface area (Å²) < 4.78 is 28.2. The van der Waals surface area contributed by atoms with E-state index in [1.54, 1.807) is 30.3 Å². The van der Waals surface area contributed by atoms with E-state index in [0.717, 1.165) is 6.26 Å². The van der Waals surface area contributed by atoms with Gasteiger partial charge in [0, 0.05) is 11.8 Å². The molecule has 0 bridgehead atoms. The molecular weight excluding hydrogens is 362 g/mol. The van der Waals surface area contributed by atoms with Crippen LogP contribution in [0.4, 0.5) is 0 Å². The van der Waals surface area contributed by atoms with Crippen LogP contribution in [-0.4, -0.2) is 32.0 Å². The van der Waals surface area contributed by atoms with Crippen LogP contribution in [0.3, 0.4) is 0 Å². The number of esters is 1. The van der Waals surface area contributed by atoms with Gasteiger partial charge in [0.25, 0.3) is 11.4 Å². The molecule has 9 heteroatoms. The van der Waals surface area contributed by atoms with Crippen molar-refractivity contribution in [2.45, 2.75) is 11.2 Å². The van der Waals surface area contributed by atoms with E-state index < -0.39 is 27.2 Å². The number of hydrogen-bond acceptors (Lipinski definition) is 7. The van der Waals surface area contributed by atoms with Crippen molar-refractivity contribution in [2.75, 3.05) is 6.26 Å². The third-order valence-corrected chi connectivity index (χ3v) is 4.89. The van der Waals surface area contributed by atoms with Crippen molar-refractivity contribution in [3.63, 3.8) is 0 Å². The van der Waals surface area contributed by atoms with E-state index >= 15 is 0 Å². The fourth-order valence-corrected chi connectivity index (χ4v) is 3.27. The molecule has 0 fully saturated rings. The predicted octanol–water partition coefficient (Wildman–Crippen LogP) is 2.09. The standard InChI is InChI=1S/C17H13NO7S/c1-26(22,23)13-9-7-12(8-10-13)15-14(11-5-3-2-4-6-11)16(19)24-17(15)25-18(20)21/h2-10,17H,1H3. The SMILES string of the molecule is CS(=O)(=O)c1ccc(C2=C(c3ccccc3)C(=O)OC2O[N+](=O)[O-])cc1. The van der Waals surface area contributed by atoms with E-state index in [-0.39, 0.29) is 16.0 Å². The van der Waals surface area contributed by atoms with E-state index in [1.165, 1.54) is 24.3 Å². The number of nitrogens with zero attached hydrogens (tertiary/aromatic N) is 1. The lowest BCUT2D eigenvalue weighted by molar-refractivity contribution is -0.773. The molecule has 1 aliphatic rings. The molecule has 0 spiro atoms. The number of carbonyl (C=O) groups excluding carboxylic acids is 1. The van der Waals surface area contributed by atoms with Crippen LogP contribution in [0.15, 0.2) is 59.5 Å². The summed E-state index contributed by atoms with van der Waals surface area (Å²) in [5.41, 5.74) is 1.19. The zero-order chi connectivity index (χ0) is 18.9. The minimum Gasteiger partial charge on any atom is -0.427 e. The van der Waals surface area contributed by atoms with Gasteiger partial charge in [0.1, 0.15) is 0 Å². The van der Waals surface area contributed by atoms with Crippen LogP contribution in [0, 0.1) is 10.1 Å². The molecule has 1 unspecified atom stereocenters. The third kappa shape index (κ3) is 3.42. The van der Waals surface area contributed by atoms with Crippen LogP contribution in [0.2, 0.25) is 0 Å². The smallest absolute Gasteiger partial charge is 0.341 e. The van der Waals surface area contributed by atoms with Crippen LogP contribution < -0.4 is 0 Å². The monoisotopic (exact) mass is 375 g/mol. The summed E-state index contributed by atoms with van der Waals surface area (Å²) in [6, 6.07) is 14.1. The first-order valence-corrected chi connectivity index (χ1v) is 9.29. The van der Waals surface area contributed by atoms with Crippen LogP contribution in [0.5, 0.6) is 0 Å². The third-order valence-electron chi connectivity index (χ3n) is 3.76. The minimum atomic E-state index is -3.41. The largest absolute Gasteiger partial charge is 0.427 e. The van der Waals surface area contributed by atoms with Gasteiger partial charge in [0.05, 0.1) is 10.5 Å². The molecule has 0 saturated heterocycles. The van der Waals surface area contributed by atoms with Crippen LogP contribution in [-0.2, 0) is 24.2 Å². The molecule has 8 nitrogen and oxygen atoms in total. The minimum absolute atomic E-state index is 0.0834. The van der Waals surface area contributed by atoms with Gasteiger partial charge in [-0.25, -0.2) is 13.2 Å². The van der Waals surface area contributed by atoms with E-state index in [4.69, 9.17) is 4.74 Å². The van der Waals surface area contributed by atoms with Gasteiger partial charge in [-0.15, -0.1) is 10.1 Å². The summed E-state index contributed by atoms with van der Waals surface area (Å²) in [7, 11) is -3.41. The number of sulfone groups is 1. The highest BCUT2D eigenvalue weighted by Crippen LogP contribution is 2.38. The number of benzene rings is 2. The van der Waals surface area contributed by atoms with Crippen molar-refractivity contribution < 1.29 is 27.9 Å². The number of cyclic esters (lactones) is 1. The summed E-state index contributed by atoms with van der Waals surface area (Å²) in [6.07, 6.45) is -0.464. The Morgan fingerprint density at radius 2 is 1.65 bits per heavy atom. The number of ether oxygens (including phenoxy) is 1. The summed E-state index contributed by atoms with van der Waals surface area (Å²) in [5, 5.41) is 9.71. The molecule has 0 amide bonds. The van der Waals surface area contributed by atoms with E-state index in [1.807, 2.05) is 0 Å². The topological polar surface area (TPSA) is 113 Å². The second-order valence-electron chi connectivity index (χ2n) is 5.52. The highest BCUT2D eigenvalue weighted by atomic mass is 32.2. The summed E-state index contributed by atoms with van der Waals surface area (Å²) >= 11 is 0. The van der Waals surface area contributed by atoms with Crippen molar-refractivity contribution in [3.8, 4) is 0 Å². The highest BCUT2D eigenvalue weighted by Gasteiger charge is 2.38. The Kier molecular flexibility index (Phi) is 4.47. The first kappa shape index (κ1) is 17.6. The second kappa shape index (κ2) is 6.60. The first-order valence-electron chi connectivity index (χ1n) is 7.39. The predicted molar refractivity (Wildman–Crippen MR) is 90.8 cm³/mol. The molecule has 3 rings (SSSR count). The molecule has 2 aromatic rings. The van der Waals surface area contributed by atoms with Crippen molar-refractivity contribution in [3.05, 3.63) is 75.8 Å². The van der Waals surface area contributed by atoms with Gasteiger partial charge < -0.3 is 4.74 Å². The summed E-state index contributed by atoms with van der Waals surface area (Å²) in [6.45, 7) is 0. The number of hydrogen-bond donors (Lipinski definition) is 0. The van der Waals surface area contributed by atoms with Crippen LogP contribution >= 0.6 is 0 Å². The normalized spacial score (nSPS) is 17.1. The molecule has 0 N–H and O–H groups in total. The summed E-state index contributed by atoms with van der Waals surface area (Å²) in [4.78, 5) is 27.6. The zero-order valence-electron chi connectivity index (χ0n) is 13.5. The quantitative estimate of drug-likeness (QED) is 0.447. The Morgan fingerprint density at radius 1 is 1.04 bits per heavy atom. The van der Waals surface area contributed by atoms with Gasteiger partial charge in [0.15, 0.2) is 9.84 Å². The van der Waals surface area contributed by atoms with Crippen molar-refractivity contribution >= 4 is 27.0 Å². The molecule has 0 saturated carbocycles. The van der Waals surface area contributed by atoms with Gasteiger partial charge in [-0.2, -0.15) is 0 Å². The van der Waals surface area contributed by atoms with Crippen molar-refractivity contribution in [2.24, 2.45) is 0 Å². The fraction of sp³-hybridized carbons (Fsp3) is 0.118. The molecule has 0 aliphatic carbocycles. The number of rotatable bonds is 5. The van der Waals surface area contributed by atoms with E-state index in [0.29, 0.717) is 11.1 Å². The molecule has 134 valence electrons. The molecule has 2 aromatic carbocycles. The first-order chi connectivity index (χ1) is 12.3. The maximum atomic E-state index is 12.3. The van der Waals surface area contributed by atoms with Gasteiger partial charge in [0.2, 0.25) is 0 Å². The lowest BCUT2D eigenvalue weighted by atomic mass is 9.96. The molecule has 1 aliphatic heterocycles. The maximum Gasteiger partial charge on any atom is 0.341 e. The van der Waals surface area contributed by atoms with Crippen molar-refractivity contribution in [1.82, 2.24) is 0 Å². The maximum absolute atomic E-state index is 12.3.